The van der Waals surface area contributed by atoms with Crippen LogP contribution in [0.15, 0.2) is 30.3 Å². The van der Waals surface area contributed by atoms with Crippen LogP contribution in [-0.2, 0) is 0 Å². The van der Waals surface area contributed by atoms with Gasteiger partial charge in [-0.2, -0.15) is 4.39 Å². The Bertz CT molecular complexity index is 1030. The molecule has 0 radical (unpaired) electrons. The summed E-state index contributed by atoms with van der Waals surface area (Å²) < 4.78 is 79.0. The Balaban J connectivity index is 1.42. The summed E-state index contributed by atoms with van der Waals surface area (Å²) in [6.07, 6.45) is 10.2. The van der Waals surface area contributed by atoms with Gasteiger partial charge in [-0.1, -0.05) is 57.6 Å². The van der Waals surface area contributed by atoms with Gasteiger partial charge in [-0.05, 0) is 67.2 Å². The molecule has 2 fully saturated rings. The summed E-state index contributed by atoms with van der Waals surface area (Å²) >= 11 is 0. The predicted octanol–water partition coefficient (Wildman–Crippen LogP) is 9.69. The lowest BCUT2D eigenvalue weighted by Crippen LogP contribution is -2.37. The predicted molar refractivity (Wildman–Crippen MR) is 133 cm³/mol. The fourth-order valence-corrected chi connectivity index (χ4v) is 6.49. The number of hydrogen-bond acceptors (Lipinski definition) is 1. The number of halogens is 5. The Hall–Kier alpha value is -2.11. The molecular weight excluding hydrogens is 471 g/mol. The Kier molecular flexibility index (Phi) is 8.62. The van der Waals surface area contributed by atoms with E-state index < -0.39 is 29.3 Å². The van der Waals surface area contributed by atoms with E-state index in [2.05, 4.69) is 6.92 Å². The minimum Gasteiger partial charge on any atom is -0.494 e. The largest absolute Gasteiger partial charge is 0.494 e. The molecule has 0 aromatic heterocycles. The van der Waals surface area contributed by atoms with Gasteiger partial charge in [-0.3, -0.25) is 0 Å². The van der Waals surface area contributed by atoms with Gasteiger partial charge >= 0.3 is 0 Å². The minimum absolute atomic E-state index is 0.00771. The summed E-state index contributed by atoms with van der Waals surface area (Å²) in [4.78, 5) is 0. The summed E-state index contributed by atoms with van der Waals surface area (Å²) in [7, 11) is 1.21. The highest BCUT2D eigenvalue weighted by Crippen LogP contribution is 2.51. The van der Waals surface area contributed by atoms with Crippen LogP contribution in [0.4, 0.5) is 22.0 Å². The first-order chi connectivity index (χ1) is 17.2. The Morgan fingerprint density at radius 3 is 2.17 bits per heavy atom. The van der Waals surface area contributed by atoms with Gasteiger partial charge in [-0.15, -0.1) is 0 Å². The number of rotatable bonds is 8. The van der Waals surface area contributed by atoms with Crippen molar-refractivity contribution in [2.24, 2.45) is 17.8 Å². The molecule has 1 nitrogen and oxygen atoms in total. The van der Waals surface area contributed by atoms with E-state index in [0.717, 1.165) is 37.7 Å². The maximum absolute atomic E-state index is 15.4. The van der Waals surface area contributed by atoms with Crippen LogP contribution in [-0.4, -0.2) is 13.0 Å². The molecule has 2 aromatic carbocycles. The highest BCUT2D eigenvalue weighted by Gasteiger charge is 2.47. The van der Waals surface area contributed by atoms with Crippen LogP contribution in [0.2, 0.25) is 0 Å². The molecule has 0 saturated heterocycles. The van der Waals surface area contributed by atoms with E-state index >= 15 is 8.78 Å². The van der Waals surface area contributed by atoms with Gasteiger partial charge in [-0.25, -0.2) is 17.6 Å². The van der Waals surface area contributed by atoms with Crippen LogP contribution in [0.3, 0.4) is 0 Å². The third-order valence-electron chi connectivity index (χ3n) is 8.60. The van der Waals surface area contributed by atoms with Gasteiger partial charge in [0, 0.05) is 23.5 Å². The van der Waals surface area contributed by atoms with Crippen molar-refractivity contribution in [1.29, 1.82) is 0 Å². The van der Waals surface area contributed by atoms with E-state index in [0.29, 0.717) is 18.8 Å². The topological polar surface area (TPSA) is 9.23 Å². The highest BCUT2D eigenvalue weighted by molar-refractivity contribution is 5.66. The van der Waals surface area contributed by atoms with Crippen molar-refractivity contribution in [3.8, 4) is 16.9 Å². The summed E-state index contributed by atoms with van der Waals surface area (Å²) in [5.41, 5.74) is -0.211. The van der Waals surface area contributed by atoms with E-state index in [1.54, 1.807) is 0 Å². The van der Waals surface area contributed by atoms with Crippen molar-refractivity contribution < 1.29 is 26.7 Å². The van der Waals surface area contributed by atoms with Gasteiger partial charge in [0.05, 0.1) is 7.11 Å². The van der Waals surface area contributed by atoms with Gasteiger partial charge in [0.2, 0.25) is 5.82 Å². The lowest BCUT2D eigenvalue weighted by molar-refractivity contribution is -0.0845. The molecule has 0 heterocycles. The summed E-state index contributed by atoms with van der Waals surface area (Å²) in [5, 5.41) is 0. The Labute approximate surface area is 211 Å². The molecule has 0 spiro atoms. The molecule has 2 aliphatic carbocycles. The second-order valence-corrected chi connectivity index (χ2v) is 10.8. The SMILES string of the molecule is CCCCCC1CCC(C2CCC(c3ccc(-c4ccc(OC)c(F)c4F)c(F)c3)C(F)(F)C2)CC1. The molecule has 4 rings (SSSR count). The summed E-state index contributed by atoms with van der Waals surface area (Å²) in [6.45, 7) is 2.21. The second kappa shape index (κ2) is 11.5. The van der Waals surface area contributed by atoms with E-state index in [1.165, 1.54) is 57.1 Å². The molecule has 0 aliphatic heterocycles. The van der Waals surface area contributed by atoms with E-state index in [1.807, 2.05) is 0 Å². The monoisotopic (exact) mass is 508 g/mol. The minimum atomic E-state index is -2.92. The van der Waals surface area contributed by atoms with Crippen molar-refractivity contribution in [3.63, 3.8) is 0 Å². The molecule has 2 aromatic rings. The number of hydrogen-bond donors (Lipinski definition) is 0. The van der Waals surface area contributed by atoms with Crippen molar-refractivity contribution in [1.82, 2.24) is 0 Å². The zero-order valence-corrected chi connectivity index (χ0v) is 21.3. The first-order valence-electron chi connectivity index (χ1n) is 13.4. The third kappa shape index (κ3) is 5.73. The first kappa shape index (κ1) is 26.9. The molecule has 36 heavy (non-hydrogen) atoms. The van der Waals surface area contributed by atoms with Gasteiger partial charge in [0.1, 0.15) is 5.82 Å². The molecule has 0 bridgehead atoms. The van der Waals surface area contributed by atoms with Crippen molar-refractivity contribution in [2.45, 2.75) is 89.4 Å². The van der Waals surface area contributed by atoms with Crippen LogP contribution in [0.25, 0.3) is 11.1 Å². The summed E-state index contributed by atoms with van der Waals surface area (Å²) in [5.74, 6) is -6.45. The molecule has 0 N–H and O–H groups in total. The zero-order chi connectivity index (χ0) is 25.9. The molecule has 2 atom stereocenters. The third-order valence-corrected chi connectivity index (χ3v) is 8.60. The van der Waals surface area contributed by atoms with Gasteiger partial charge < -0.3 is 4.74 Å². The lowest BCUT2D eigenvalue weighted by atomic mass is 9.66. The number of unbranched alkanes of at least 4 members (excludes halogenated alkanes) is 2. The second-order valence-electron chi connectivity index (χ2n) is 10.8. The molecule has 2 aliphatic rings. The maximum Gasteiger partial charge on any atom is 0.255 e. The van der Waals surface area contributed by atoms with Crippen molar-refractivity contribution in [2.75, 3.05) is 7.11 Å². The average Bonchev–Trinajstić information content (AvgIpc) is 2.86. The molecule has 0 amide bonds. The van der Waals surface area contributed by atoms with Crippen LogP contribution in [0.1, 0.15) is 89.0 Å². The van der Waals surface area contributed by atoms with E-state index in [9.17, 15) is 13.2 Å². The smallest absolute Gasteiger partial charge is 0.255 e. The van der Waals surface area contributed by atoms with Crippen LogP contribution < -0.4 is 4.74 Å². The fourth-order valence-electron chi connectivity index (χ4n) is 6.49. The highest BCUT2D eigenvalue weighted by atomic mass is 19.3. The molecule has 6 heteroatoms. The number of alkyl halides is 2. The molecular formula is C30H37F5O. The summed E-state index contributed by atoms with van der Waals surface area (Å²) in [6, 6.07) is 6.22. The Morgan fingerprint density at radius 2 is 1.53 bits per heavy atom. The van der Waals surface area contributed by atoms with Crippen LogP contribution in [0.5, 0.6) is 5.75 Å². The normalized spacial score (nSPS) is 26.1. The average molecular weight is 509 g/mol. The lowest BCUT2D eigenvalue weighted by Gasteiger charge is -2.41. The standard InChI is InChI=1S/C30H37F5O/c1-3-4-5-6-19-7-9-20(10-8-19)22-12-15-25(30(34,35)18-22)21-11-13-23(26(31)17-21)24-14-16-27(36-2)29(33)28(24)32/h11,13-14,16-17,19-20,22,25H,3-10,12,15,18H2,1-2H3. The number of benzene rings is 2. The maximum atomic E-state index is 15.4. The van der Waals surface area contributed by atoms with Crippen molar-refractivity contribution in [3.05, 3.63) is 53.3 Å². The Morgan fingerprint density at radius 1 is 0.833 bits per heavy atom. The zero-order valence-electron chi connectivity index (χ0n) is 21.3. The van der Waals surface area contributed by atoms with Crippen LogP contribution >= 0.6 is 0 Å². The molecule has 198 valence electrons. The first-order valence-corrected chi connectivity index (χ1v) is 13.4. The molecule has 2 unspecified atom stereocenters. The van der Waals surface area contributed by atoms with E-state index in [4.69, 9.17) is 4.74 Å². The number of methoxy groups -OCH3 is 1. The van der Waals surface area contributed by atoms with E-state index in [-0.39, 0.29) is 34.8 Å². The fraction of sp³-hybridized carbons (Fsp3) is 0.600. The quantitative estimate of drug-likeness (QED) is 0.255. The molecule has 2 saturated carbocycles. The van der Waals surface area contributed by atoms with Crippen LogP contribution in [0, 0.1) is 35.2 Å². The van der Waals surface area contributed by atoms with Gasteiger partial charge in [0.15, 0.2) is 11.6 Å². The van der Waals surface area contributed by atoms with Gasteiger partial charge in [0.25, 0.3) is 5.92 Å². The number of ether oxygens (including phenoxy) is 1. The van der Waals surface area contributed by atoms with Crippen molar-refractivity contribution >= 4 is 0 Å².